The van der Waals surface area contributed by atoms with Crippen molar-refractivity contribution in [2.24, 2.45) is 11.8 Å². The Hall–Kier alpha value is -1.24. The third-order valence-electron chi connectivity index (χ3n) is 3.79. The van der Waals surface area contributed by atoms with Gasteiger partial charge in [0.1, 0.15) is 11.3 Å². The van der Waals surface area contributed by atoms with E-state index in [2.05, 4.69) is 32.0 Å². The summed E-state index contributed by atoms with van der Waals surface area (Å²) in [4.78, 5) is 0. The van der Waals surface area contributed by atoms with Crippen LogP contribution in [-0.2, 0) is 12.8 Å². The quantitative estimate of drug-likeness (QED) is 0.630. The number of para-hydroxylation sites is 1. The zero-order valence-electron chi connectivity index (χ0n) is 9.29. The highest BCUT2D eigenvalue weighted by Gasteiger charge is 2.26. The highest BCUT2D eigenvalue weighted by atomic mass is 16.3. The van der Waals surface area contributed by atoms with Gasteiger partial charge in [0.15, 0.2) is 0 Å². The van der Waals surface area contributed by atoms with Gasteiger partial charge in [-0.15, -0.1) is 0 Å². The monoisotopic (exact) mass is 200 g/mol. The molecule has 1 aliphatic carbocycles. The molecule has 0 aliphatic heterocycles. The maximum atomic E-state index is 5.91. The number of benzene rings is 1. The van der Waals surface area contributed by atoms with Crippen molar-refractivity contribution >= 4 is 11.0 Å². The highest BCUT2D eigenvalue weighted by Crippen LogP contribution is 2.36. The number of hydrogen-bond donors (Lipinski definition) is 0. The van der Waals surface area contributed by atoms with Crippen molar-refractivity contribution in [3.8, 4) is 0 Å². The molecule has 0 radical (unpaired) electrons. The minimum atomic E-state index is 0.748. The van der Waals surface area contributed by atoms with E-state index in [9.17, 15) is 0 Å². The van der Waals surface area contributed by atoms with Gasteiger partial charge in [0.25, 0.3) is 0 Å². The summed E-state index contributed by atoms with van der Waals surface area (Å²) in [5, 5.41) is 1.33. The molecular weight excluding hydrogens is 184 g/mol. The van der Waals surface area contributed by atoms with Gasteiger partial charge in [0.05, 0.1) is 0 Å². The number of rotatable bonds is 0. The Balaban J connectivity index is 2.21. The molecule has 1 aromatic carbocycles. The Bertz CT molecular complexity index is 495. The maximum Gasteiger partial charge on any atom is 0.134 e. The summed E-state index contributed by atoms with van der Waals surface area (Å²) in [7, 11) is 0. The van der Waals surface area contributed by atoms with Crippen LogP contribution in [0.25, 0.3) is 11.0 Å². The maximum absolute atomic E-state index is 5.91. The molecule has 2 aromatic rings. The Morgan fingerprint density at radius 3 is 2.67 bits per heavy atom. The van der Waals surface area contributed by atoms with Crippen molar-refractivity contribution in [1.82, 2.24) is 0 Å². The van der Waals surface area contributed by atoms with E-state index in [0.717, 1.165) is 23.8 Å². The van der Waals surface area contributed by atoms with Crippen molar-refractivity contribution in [3.63, 3.8) is 0 Å². The third-order valence-corrected chi connectivity index (χ3v) is 3.79. The van der Waals surface area contributed by atoms with E-state index in [1.54, 1.807) is 0 Å². The van der Waals surface area contributed by atoms with E-state index in [1.165, 1.54) is 23.1 Å². The molecule has 0 amide bonds. The molecule has 1 nitrogen and oxygen atoms in total. The van der Waals surface area contributed by atoms with Crippen molar-refractivity contribution < 1.29 is 4.42 Å². The second kappa shape index (κ2) is 3.13. The Kier molecular flexibility index (Phi) is 1.88. The fourth-order valence-electron chi connectivity index (χ4n) is 2.55. The SMILES string of the molecule is CC1Cc2oc3ccccc3c2CC1C. The van der Waals surface area contributed by atoms with Gasteiger partial charge in [0.2, 0.25) is 0 Å². The molecule has 78 valence electrons. The fraction of sp³-hybridized carbons (Fsp3) is 0.429. The van der Waals surface area contributed by atoms with Crippen molar-refractivity contribution in [3.05, 3.63) is 35.6 Å². The van der Waals surface area contributed by atoms with Gasteiger partial charge < -0.3 is 4.42 Å². The minimum absolute atomic E-state index is 0.748. The van der Waals surface area contributed by atoms with Crippen LogP contribution in [0.4, 0.5) is 0 Å². The molecule has 0 spiro atoms. The van der Waals surface area contributed by atoms with Crippen molar-refractivity contribution in [2.75, 3.05) is 0 Å². The molecule has 2 atom stereocenters. The Labute approximate surface area is 90.1 Å². The minimum Gasteiger partial charge on any atom is -0.461 e. The fourth-order valence-corrected chi connectivity index (χ4v) is 2.55. The largest absolute Gasteiger partial charge is 0.461 e. The number of fused-ring (bicyclic) bond motifs is 3. The van der Waals surface area contributed by atoms with E-state index < -0.39 is 0 Å². The topological polar surface area (TPSA) is 13.1 Å². The van der Waals surface area contributed by atoms with Crippen molar-refractivity contribution in [1.29, 1.82) is 0 Å². The molecule has 0 N–H and O–H groups in total. The van der Waals surface area contributed by atoms with Crippen LogP contribution in [0.1, 0.15) is 25.2 Å². The Morgan fingerprint density at radius 1 is 1.07 bits per heavy atom. The molecule has 1 heteroatoms. The lowest BCUT2D eigenvalue weighted by Crippen LogP contribution is -2.19. The smallest absolute Gasteiger partial charge is 0.134 e. The van der Waals surface area contributed by atoms with E-state index in [4.69, 9.17) is 4.42 Å². The van der Waals surface area contributed by atoms with E-state index in [-0.39, 0.29) is 0 Å². The van der Waals surface area contributed by atoms with Gasteiger partial charge in [-0.1, -0.05) is 32.0 Å². The Morgan fingerprint density at radius 2 is 1.80 bits per heavy atom. The summed E-state index contributed by atoms with van der Waals surface area (Å²) in [6, 6.07) is 8.40. The first-order valence-corrected chi connectivity index (χ1v) is 5.75. The second-order valence-electron chi connectivity index (χ2n) is 4.86. The molecule has 0 saturated heterocycles. The molecule has 1 aliphatic rings. The van der Waals surface area contributed by atoms with Gasteiger partial charge in [-0.2, -0.15) is 0 Å². The van der Waals surface area contributed by atoms with Gasteiger partial charge >= 0.3 is 0 Å². The summed E-state index contributed by atoms with van der Waals surface area (Å²) in [6.07, 6.45) is 2.28. The van der Waals surface area contributed by atoms with Crippen molar-refractivity contribution in [2.45, 2.75) is 26.7 Å². The van der Waals surface area contributed by atoms with Crippen LogP contribution in [0.15, 0.2) is 28.7 Å². The lowest BCUT2D eigenvalue weighted by molar-refractivity contribution is 0.330. The zero-order chi connectivity index (χ0) is 10.4. The van der Waals surface area contributed by atoms with E-state index >= 15 is 0 Å². The lowest BCUT2D eigenvalue weighted by atomic mass is 9.80. The number of hydrogen-bond acceptors (Lipinski definition) is 1. The second-order valence-corrected chi connectivity index (χ2v) is 4.86. The predicted octanol–water partition coefficient (Wildman–Crippen LogP) is 3.80. The normalized spacial score (nSPS) is 25.5. The van der Waals surface area contributed by atoms with E-state index in [0.29, 0.717) is 0 Å². The van der Waals surface area contributed by atoms with Gasteiger partial charge in [-0.05, 0) is 24.3 Å². The molecule has 1 heterocycles. The van der Waals surface area contributed by atoms with Crippen LogP contribution in [0.2, 0.25) is 0 Å². The van der Waals surface area contributed by atoms with Gasteiger partial charge in [-0.3, -0.25) is 0 Å². The summed E-state index contributed by atoms with van der Waals surface area (Å²) in [6.45, 7) is 4.66. The van der Waals surface area contributed by atoms with Crippen LogP contribution in [0.5, 0.6) is 0 Å². The van der Waals surface area contributed by atoms with Crippen LogP contribution < -0.4 is 0 Å². The molecule has 15 heavy (non-hydrogen) atoms. The standard InChI is InChI=1S/C14H16O/c1-9-7-12-11-5-3-4-6-13(11)15-14(12)8-10(9)2/h3-6,9-10H,7-8H2,1-2H3. The van der Waals surface area contributed by atoms with Crippen LogP contribution in [0, 0.1) is 11.8 Å². The molecule has 0 bridgehead atoms. The third kappa shape index (κ3) is 1.30. The molecule has 0 saturated carbocycles. The summed E-state index contributed by atoms with van der Waals surface area (Å²) < 4.78 is 5.91. The van der Waals surface area contributed by atoms with Crippen LogP contribution in [0.3, 0.4) is 0 Å². The molecule has 0 fully saturated rings. The van der Waals surface area contributed by atoms with Crippen LogP contribution >= 0.6 is 0 Å². The summed E-state index contributed by atoms with van der Waals surface area (Å²) in [5.41, 5.74) is 2.51. The molecule has 2 unspecified atom stereocenters. The zero-order valence-corrected chi connectivity index (χ0v) is 9.29. The predicted molar refractivity (Wildman–Crippen MR) is 62.0 cm³/mol. The molecule has 1 aromatic heterocycles. The van der Waals surface area contributed by atoms with E-state index in [1.807, 2.05) is 6.07 Å². The first kappa shape index (κ1) is 9.02. The lowest BCUT2D eigenvalue weighted by Gasteiger charge is -2.24. The summed E-state index contributed by atoms with van der Waals surface area (Å²) in [5.74, 6) is 2.75. The van der Waals surface area contributed by atoms with Gasteiger partial charge in [0, 0.05) is 17.4 Å². The molecule has 3 rings (SSSR count). The highest BCUT2D eigenvalue weighted by molar-refractivity contribution is 5.82. The first-order chi connectivity index (χ1) is 7.25. The average Bonchev–Trinajstić information content (AvgIpc) is 2.57. The van der Waals surface area contributed by atoms with Crippen LogP contribution in [-0.4, -0.2) is 0 Å². The number of furan rings is 1. The summed E-state index contributed by atoms with van der Waals surface area (Å²) >= 11 is 0. The first-order valence-electron chi connectivity index (χ1n) is 5.75. The molecular formula is C14H16O. The van der Waals surface area contributed by atoms with Gasteiger partial charge in [-0.25, -0.2) is 0 Å². The average molecular weight is 200 g/mol.